The molecule has 0 heterocycles. The third kappa shape index (κ3) is 12.2. The normalized spacial score (nSPS) is 11.5. The summed E-state index contributed by atoms with van der Waals surface area (Å²) in [5.74, 6) is -0.705. The highest BCUT2D eigenvalue weighted by Crippen LogP contribution is 2.33. The van der Waals surface area contributed by atoms with Crippen LogP contribution >= 0.6 is 0 Å². The first-order valence-electron chi connectivity index (χ1n) is 10.7. The van der Waals surface area contributed by atoms with E-state index in [1.54, 1.807) is 6.92 Å². The molecule has 148 valence electrons. The van der Waals surface area contributed by atoms with Crippen LogP contribution in [-0.2, 0) is 14.3 Å². The zero-order valence-electron chi connectivity index (χ0n) is 17.3. The Morgan fingerprint density at radius 2 is 1.08 bits per heavy atom. The van der Waals surface area contributed by atoms with E-state index in [1.165, 1.54) is 64.2 Å². The highest BCUT2D eigenvalue weighted by molar-refractivity contribution is 5.88. The van der Waals surface area contributed by atoms with Crippen molar-refractivity contribution in [1.82, 2.24) is 0 Å². The summed E-state index contributed by atoms with van der Waals surface area (Å²) in [6.45, 7) is 8.17. The van der Waals surface area contributed by atoms with Crippen molar-refractivity contribution < 1.29 is 14.3 Å². The van der Waals surface area contributed by atoms with Crippen molar-refractivity contribution in [3.05, 3.63) is 0 Å². The van der Waals surface area contributed by atoms with Gasteiger partial charge in [0.25, 0.3) is 0 Å². The average Bonchev–Trinajstić information content (AvgIpc) is 2.60. The second-order valence-corrected chi connectivity index (χ2v) is 7.71. The molecule has 0 fully saturated rings. The third-order valence-corrected chi connectivity index (χ3v) is 5.15. The molecular formula is C22H42O3. The molecule has 0 saturated heterocycles. The highest BCUT2D eigenvalue weighted by atomic mass is 16.6. The van der Waals surface area contributed by atoms with Gasteiger partial charge in [0.15, 0.2) is 0 Å². The molecule has 0 aromatic rings. The molecule has 3 nitrogen and oxygen atoms in total. The minimum atomic E-state index is -0.500. The zero-order valence-corrected chi connectivity index (χ0v) is 17.3. The van der Waals surface area contributed by atoms with Crippen molar-refractivity contribution in [2.24, 2.45) is 5.41 Å². The summed E-state index contributed by atoms with van der Waals surface area (Å²) in [5, 5.41) is 0. The van der Waals surface area contributed by atoms with Gasteiger partial charge in [-0.2, -0.15) is 0 Å². The Kier molecular flexibility index (Phi) is 14.9. The topological polar surface area (TPSA) is 43.4 Å². The summed E-state index contributed by atoms with van der Waals surface area (Å²) in [4.78, 5) is 24.0. The molecule has 0 radical (unpaired) electrons. The van der Waals surface area contributed by atoms with E-state index < -0.39 is 11.4 Å². The van der Waals surface area contributed by atoms with Crippen molar-refractivity contribution in [2.75, 3.05) is 0 Å². The number of carbonyl (C=O) groups excluding carboxylic acids is 2. The number of rotatable bonds is 16. The van der Waals surface area contributed by atoms with Gasteiger partial charge in [0.05, 0.1) is 5.41 Å². The minimum absolute atomic E-state index is 0.260. The van der Waals surface area contributed by atoms with Crippen LogP contribution in [0.5, 0.6) is 0 Å². The molecule has 0 bridgehead atoms. The smallest absolute Gasteiger partial charge is 0.319 e. The average molecular weight is 355 g/mol. The molecule has 0 aliphatic heterocycles. The van der Waals surface area contributed by atoms with Crippen molar-refractivity contribution in [3.63, 3.8) is 0 Å². The maximum absolute atomic E-state index is 12.5. The lowest BCUT2D eigenvalue weighted by Crippen LogP contribution is -2.31. The molecule has 0 aromatic heterocycles. The van der Waals surface area contributed by atoms with E-state index in [-0.39, 0.29) is 12.4 Å². The maximum Gasteiger partial charge on any atom is 0.319 e. The monoisotopic (exact) mass is 354 g/mol. The Bertz CT molecular complexity index is 333. The lowest BCUT2D eigenvalue weighted by molar-refractivity contribution is -0.167. The van der Waals surface area contributed by atoms with Gasteiger partial charge < -0.3 is 4.74 Å². The molecule has 0 unspecified atom stereocenters. The van der Waals surface area contributed by atoms with Crippen LogP contribution in [0.4, 0.5) is 0 Å². The van der Waals surface area contributed by atoms with Gasteiger partial charge in [0.2, 0.25) is 0 Å². The highest BCUT2D eigenvalue weighted by Gasteiger charge is 2.35. The molecule has 0 rings (SSSR count). The van der Waals surface area contributed by atoms with Gasteiger partial charge >= 0.3 is 11.9 Å². The minimum Gasteiger partial charge on any atom is -0.393 e. The van der Waals surface area contributed by atoms with E-state index in [1.807, 2.05) is 6.92 Å². The van der Waals surface area contributed by atoms with Gasteiger partial charge in [-0.15, -0.1) is 0 Å². The van der Waals surface area contributed by atoms with E-state index in [2.05, 4.69) is 13.8 Å². The van der Waals surface area contributed by atoms with E-state index >= 15 is 0 Å². The molecule has 0 spiro atoms. The zero-order chi connectivity index (χ0) is 19.0. The van der Waals surface area contributed by atoms with E-state index in [0.717, 1.165) is 25.7 Å². The molecule has 0 aliphatic carbocycles. The van der Waals surface area contributed by atoms with Crippen molar-refractivity contribution in [1.29, 1.82) is 0 Å². The Balaban J connectivity index is 4.37. The molecule has 0 saturated carbocycles. The van der Waals surface area contributed by atoms with Gasteiger partial charge in [-0.3, -0.25) is 9.59 Å². The van der Waals surface area contributed by atoms with Crippen LogP contribution in [0, 0.1) is 5.41 Å². The van der Waals surface area contributed by atoms with Crippen molar-refractivity contribution in [3.8, 4) is 0 Å². The van der Waals surface area contributed by atoms with Crippen LogP contribution in [0.1, 0.15) is 124 Å². The number of hydrogen-bond acceptors (Lipinski definition) is 3. The number of unbranched alkanes of at least 4 members (excludes halogenated alkanes) is 10. The second-order valence-electron chi connectivity index (χ2n) is 7.71. The summed E-state index contributed by atoms with van der Waals surface area (Å²) in [6.07, 6.45) is 16.5. The van der Waals surface area contributed by atoms with Crippen LogP contribution in [0.2, 0.25) is 0 Å². The fourth-order valence-corrected chi connectivity index (χ4v) is 3.22. The second kappa shape index (κ2) is 15.4. The lowest BCUT2D eigenvalue weighted by Gasteiger charge is -2.27. The predicted molar refractivity (Wildman–Crippen MR) is 105 cm³/mol. The first-order valence-corrected chi connectivity index (χ1v) is 10.7. The van der Waals surface area contributed by atoms with Crippen molar-refractivity contribution >= 4 is 11.9 Å². The number of ether oxygens (including phenoxy) is 1. The van der Waals surface area contributed by atoms with Gasteiger partial charge in [-0.25, -0.2) is 0 Å². The SMILES string of the molecule is CCCCCCCCC(C)(CCCCCCCC)C(=O)OC(=O)CC. The first kappa shape index (κ1) is 24.1. The number of carbonyl (C=O) groups is 2. The van der Waals surface area contributed by atoms with Crippen LogP contribution in [0.3, 0.4) is 0 Å². The van der Waals surface area contributed by atoms with E-state index in [0.29, 0.717) is 0 Å². The fraction of sp³-hybridized carbons (Fsp3) is 0.909. The van der Waals surface area contributed by atoms with Gasteiger partial charge in [0, 0.05) is 6.42 Å². The van der Waals surface area contributed by atoms with Crippen LogP contribution in [0.15, 0.2) is 0 Å². The number of esters is 2. The molecule has 0 atom stereocenters. The standard InChI is InChI=1S/C22H42O3/c1-5-8-10-12-14-16-18-22(4,21(24)25-20(23)7-3)19-17-15-13-11-9-6-2/h5-19H2,1-4H3. The number of hydrogen-bond donors (Lipinski definition) is 0. The molecule has 0 aliphatic rings. The summed E-state index contributed by atoms with van der Waals surface area (Å²) in [5.41, 5.74) is -0.500. The predicted octanol–water partition coefficient (Wildman–Crippen LogP) is 6.97. The molecule has 0 N–H and O–H groups in total. The molecular weight excluding hydrogens is 312 g/mol. The first-order chi connectivity index (χ1) is 12.0. The van der Waals surface area contributed by atoms with Crippen LogP contribution in [-0.4, -0.2) is 11.9 Å². The largest absolute Gasteiger partial charge is 0.393 e. The summed E-state index contributed by atoms with van der Waals surface area (Å²) >= 11 is 0. The van der Waals surface area contributed by atoms with Gasteiger partial charge in [-0.05, 0) is 19.8 Å². The lowest BCUT2D eigenvalue weighted by atomic mass is 9.79. The Hall–Kier alpha value is -0.860. The summed E-state index contributed by atoms with van der Waals surface area (Å²) in [6, 6.07) is 0. The molecule has 3 heteroatoms. The van der Waals surface area contributed by atoms with Gasteiger partial charge in [0.1, 0.15) is 0 Å². The fourth-order valence-electron chi connectivity index (χ4n) is 3.22. The van der Waals surface area contributed by atoms with Crippen LogP contribution in [0.25, 0.3) is 0 Å². The van der Waals surface area contributed by atoms with E-state index in [9.17, 15) is 9.59 Å². The summed E-state index contributed by atoms with van der Waals surface area (Å²) in [7, 11) is 0. The maximum atomic E-state index is 12.5. The molecule has 0 amide bonds. The van der Waals surface area contributed by atoms with Crippen molar-refractivity contribution in [2.45, 2.75) is 124 Å². The van der Waals surface area contributed by atoms with Crippen LogP contribution < -0.4 is 0 Å². The van der Waals surface area contributed by atoms with Gasteiger partial charge in [-0.1, -0.05) is 97.8 Å². The Morgan fingerprint density at radius 1 is 0.680 bits per heavy atom. The van der Waals surface area contributed by atoms with E-state index in [4.69, 9.17) is 4.74 Å². The quantitative estimate of drug-likeness (QED) is 0.171. The Morgan fingerprint density at radius 3 is 1.48 bits per heavy atom. The molecule has 25 heavy (non-hydrogen) atoms. The molecule has 0 aromatic carbocycles. The Labute approximate surface area is 156 Å². The third-order valence-electron chi connectivity index (χ3n) is 5.15. The summed E-state index contributed by atoms with van der Waals surface area (Å²) < 4.78 is 5.08.